The standard InChI is InChI=1S/C15H20N2S6/c1-3-16(11-18)14(20)22-10-8-6-5-7-9-12-13(19)17(4-2)15(21)23-12/h5-13,19H,3-4H2,1-2H3/b6-5+,9-7+,10-8-. The van der Waals surface area contributed by atoms with Crippen molar-refractivity contribution in [3.05, 3.63) is 35.8 Å². The van der Waals surface area contributed by atoms with Gasteiger partial charge in [0.05, 0.1) is 16.1 Å². The van der Waals surface area contributed by atoms with Gasteiger partial charge in [-0.3, -0.25) is 0 Å². The van der Waals surface area contributed by atoms with Crippen LogP contribution in [-0.4, -0.2) is 47.6 Å². The Labute approximate surface area is 169 Å². The lowest BCUT2D eigenvalue weighted by molar-refractivity contribution is 0.450. The van der Waals surface area contributed by atoms with Gasteiger partial charge in [-0.1, -0.05) is 90.6 Å². The molecular formula is C15H20N2S6. The Bertz CT molecular complexity index is 514. The molecule has 2 atom stereocenters. The van der Waals surface area contributed by atoms with E-state index in [9.17, 15) is 0 Å². The highest BCUT2D eigenvalue weighted by Crippen LogP contribution is 2.34. The molecule has 1 saturated heterocycles. The van der Waals surface area contributed by atoms with Gasteiger partial charge in [-0.2, -0.15) is 12.6 Å². The summed E-state index contributed by atoms with van der Waals surface area (Å²) in [7, 11) is 0. The second-order valence-electron chi connectivity index (χ2n) is 4.42. The first-order valence-electron chi connectivity index (χ1n) is 7.13. The maximum atomic E-state index is 5.34. The highest BCUT2D eigenvalue weighted by atomic mass is 32.2. The van der Waals surface area contributed by atoms with E-state index in [1.165, 1.54) is 11.8 Å². The number of allylic oxidation sites excluding steroid dienone is 4. The van der Waals surface area contributed by atoms with Gasteiger partial charge >= 0.3 is 0 Å². The summed E-state index contributed by atoms with van der Waals surface area (Å²) in [4.78, 5) is 3.99. The number of thioether (sulfide) groups is 2. The van der Waals surface area contributed by atoms with Crippen LogP contribution in [0.25, 0.3) is 0 Å². The molecule has 2 unspecified atom stereocenters. The molecule has 0 aromatic rings. The van der Waals surface area contributed by atoms with Crippen LogP contribution in [0.2, 0.25) is 0 Å². The highest BCUT2D eigenvalue weighted by Gasteiger charge is 2.32. The van der Waals surface area contributed by atoms with Crippen molar-refractivity contribution in [3.63, 3.8) is 0 Å². The van der Waals surface area contributed by atoms with Crippen molar-refractivity contribution in [1.29, 1.82) is 0 Å². The van der Waals surface area contributed by atoms with Gasteiger partial charge < -0.3 is 9.80 Å². The van der Waals surface area contributed by atoms with Gasteiger partial charge in [-0.15, -0.1) is 0 Å². The Balaban J connectivity index is 2.39. The van der Waals surface area contributed by atoms with Crippen molar-refractivity contribution < 1.29 is 0 Å². The fraction of sp³-hybridized carbons (Fsp3) is 0.400. The minimum atomic E-state index is 0.153. The second kappa shape index (κ2) is 11.7. The molecule has 0 amide bonds. The summed E-state index contributed by atoms with van der Waals surface area (Å²) in [6.45, 7) is 5.81. The fourth-order valence-electron chi connectivity index (χ4n) is 1.74. The van der Waals surface area contributed by atoms with E-state index in [0.29, 0.717) is 5.25 Å². The predicted molar refractivity (Wildman–Crippen MR) is 123 cm³/mol. The first-order chi connectivity index (χ1) is 11.0. The molecule has 2 nitrogen and oxygen atoms in total. The molecule has 0 aromatic heterocycles. The molecule has 0 spiro atoms. The molecule has 0 aromatic carbocycles. The van der Waals surface area contributed by atoms with E-state index < -0.39 is 0 Å². The van der Waals surface area contributed by atoms with E-state index in [4.69, 9.17) is 36.7 Å². The van der Waals surface area contributed by atoms with Crippen molar-refractivity contribution in [3.8, 4) is 0 Å². The van der Waals surface area contributed by atoms with Crippen molar-refractivity contribution in [2.24, 2.45) is 0 Å². The van der Waals surface area contributed by atoms with Gasteiger partial charge in [-0.05, 0) is 19.3 Å². The maximum Gasteiger partial charge on any atom is 0.145 e. The highest BCUT2D eigenvalue weighted by molar-refractivity contribution is 8.25. The molecule has 1 heterocycles. The van der Waals surface area contributed by atoms with E-state index >= 15 is 0 Å². The number of rotatable bonds is 7. The molecule has 1 aliphatic rings. The molecule has 1 aliphatic heterocycles. The molecule has 0 saturated carbocycles. The predicted octanol–water partition coefficient (Wildman–Crippen LogP) is 4.89. The third-order valence-corrected chi connectivity index (χ3v) is 6.96. The van der Waals surface area contributed by atoms with Gasteiger partial charge in [0.2, 0.25) is 0 Å². The molecule has 0 N–H and O–H groups in total. The summed E-state index contributed by atoms with van der Waals surface area (Å²) in [6, 6.07) is 0. The van der Waals surface area contributed by atoms with E-state index in [-0.39, 0.29) is 5.37 Å². The Kier molecular flexibility index (Phi) is 10.7. The normalized spacial score (nSPS) is 21.9. The smallest absolute Gasteiger partial charge is 0.145 e. The molecule has 126 valence electrons. The third-order valence-electron chi connectivity index (χ3n) is 3.01. The summed E-state index contributed by atoms with van der Waals surface area (Å²) >= 11 is 23.3. The average Bonchev–Trinajstić information content (AvgIpc) is 2.81. The van der Waals surface area contributed by atoms with Crippen molar-refractivity contribution in [2.75, 3.05) is 13.1 Å². The van der Waals surface area contributed by atoms with E-state index in [1.807, 2.05) is 41.5 Å². The lowest BCUT2D eigenvalue weighted by Gasteiger charge is -2.20. The van der Waals surface area contributed by atoms with Gasteiger partial charge in [0, 0.05) is 13.1 Å². The van der Waals surface area contributed by atoms with Crippen LogP contribution >= 0.6 is 72.8 Å². The summed E-state index contributed by atoms with van der Waals surface area (Å²) in [6.07, 6.45) is 10.1. The molecule has 0 aliphatic carbocycles. The van der Waals surface area contributed by atoms with Crippen molar-refractivity contribution in [2.45, 2.75) is 24.5 Å². The zero-order valence-corrected chi connectivity index (χ0v) is 18.0. The van der Waals surface area contributed by atoms with Crippen LogP contribution in [-0.2, 0) is 0 Å². The van der Waals surface area contributed by atoms with Crippen LogP contribution in [0.4, 0.5) is 0 Å². The third kappa shape index (κ3) is 6.88. The lowest BCUT2D eigenvalue weighted by atomic mass is 10.3. The van der Waals surface area contributed by atoms with E-state index in [2.05, 4.69) is 30.5 Å². The number of nitrogens with zero attached hydrogens (tertiary/aromatic N) is 2. The summed E-state index contributed by atoms with van der Waals surface area (Å²) in [5, 5.41) is 2.40. The van der Waals surface area contributed by atoms with Crippen molar-refractivity contribution >= 4 is 86.9 Å². The van der Waals surface area contributed by atoms with Gasteiger partial charge in [-0.25, -0.2) is 0 Å². The topological polar surface area (TPSA) is 6.48 Å². The fourth-order valence-corrected chi connectivity index (χ4v) is 5.43. The van der Waals surface area contributed by atoms with Crippen LogP contribution < -0.4 is 0 Å². The summed E-state index contributed by atoms with van der Waals surface area (Å²) in [5.41, 5.74) is 1.58. The first-order valence-corrected chi connectivity index (χ1v) is 10.7. The molecular weight excluding hydrogens is 401 g/mol. The largest absolute Gasteiger partial charge is 0.345 e. The molecule has 1 fully saturated rings. The molecule has 0 bridgehead atoms. The monoisotopic (exact) mass is 420 g/mol. The van der Waals surface area contributed by atoms with E-state index in [1.54, 1.807) is 17.3 Å². The molecule has 8 heteroatoms. The minimum absolute atomic E-state index is 0.153. The SMILES string of the molecule is CCN(C=S)C(=S)S\C=C/C=C/C=C/C1SC(=S)N(CC)C1S. The Hall–Kier alpha value is 0.140. The first kappa shape index (κ1) is 21.2. The number of hydrogen-bond acceptors (Lipinski definition) is 6. The lowest BCUT2D eigenvalue weighted by Crippen LogP contribution is -2.31. The number of thiocarbonyl (C=S) groups is 3. The van der Waals surface area contributed by atoms with Crippen molar-refractivity contribution in [1.82, 2.24) is 9.80 Å². The van der Waals surface area contributed by atoms with E-state index in [0.717, 1.165) is 21.7 Å². The van der Waals surface area contributed by atoms with Gasteiger partial charge in [0.15, 0.2) is 0 Å². The van der Waals surface area contributed by atoms with Crippen LogP contribution in [0.5, 0.6) is 0 Å². The summed E-state index contributed by atoms with van der Waals surface area (Å²) in [5.74, 6) is 0. The number of thiol groups is 1. The molecule has 0 radical (unpaired) electrons. The maximum absolute atomic E-state index is 5.34. The number of hydrogen-bond donors (Lipinski definition) is 1. The minimum Gasteiger partial charge on any atom is -0.345 e. The second-order valence-corrected chi connectivity index (χ2v) is 8.51. The van der Waals surface area contributed by atoms with Gasteiger partial charge in [0.25, 0.3) is 0 Å². The average molecular weight is 421 g/mol. The van der Waals surface area contributed by atoms with Crippen LogP contribution in [0.3, 0.4) is 0 Å². The quantitative estimate of drug-likeness (QED) is 0.351. The Morgan fingerprint density at radius 3 is 2.61 bits per heavy atom. The summed E-state index contributed by atoms with van der Waals surface area (Å²) < 4.78 is 1.69. The Morgan fingerprint density at radius 2 is 2.04 bits per heavy atom. The van der Waals surface area contributed by atoms with Crippen LogP contribution in [0, 0.1) is 0 Å². The van der Waals surface area contributed by atoms with Gasteiger partial charge in [0.1, 0.15) is 8.64 Å². The zero-order valence-electron chi connectivity index (χ0n) is 13.0. The molecule has 23 heavy (non-hydrogen) atoms. The van der Waals surface area contributed by atoms with Crippen LogP contribution in [0.15, 0.2) is 35.8 Å². The molecule has 1 rings (SSSR count). The zero-order chi connectivity index (χ0) is 17.2. The Morgan fingerprint density at radius 1 is 1.35 bits per heavy atom. The van der Waals surface area contributed by atoms with Crippen LogP contribution in [0.1, 0.15) is 13.8 Å².